The highest BCUT2D eigenvalue weighted by atomic mass is 16.5. The molecule has 6 heteroatoms. The van der Waals surface area contributed by atoms with E-state index >= 15 is 0 Å². The summed E-state index contributed by atoms with van der Waals surface area (Å²) < 4.78 is 10.8. The zero-order valence-corrected chi connectivity index (χ0v) is 17.2. The fraction of sp³-hybridized carbons (Fsp3) is 0.545. The van der Waals surface area contributed by atoms with Crippen molar-refractivity contribution in [1.29, 1.82) is 0 Å². The Balaban J connectivity index is 1.64. The van der Waals surface area contributed by atoms with Crippen molar-refractivity contribution < 1.29 is 14.1 Å². The van der Waals surface area contributed by atoms with Crippen LogP contribution in [0.2, 0.25) is 0 Å². The van der Waals surface area contributed by atoms with Gasteiger partial charge in [0.2, 0.25) is 5.91 Å². The average Bonchev–Trinajstić information content (AvgIpc) is 3.10. The summed E-state index contributed by atoms with van der Waals surface area (Å²) in [6.45, 7) is 7.90. The number of hydrogen-bond donors (Lipinski definition) is 2. The Morgan fingerprint density at radius 2 is 2.04 bits per heavy atom. The Bertz CT molecular complexity index is 777. The van der Waals surface area contributed by atoms with Gasteiger partial charge >= 0.3 is 0 Å². The van der Waals surface area contributed by atoms with E-state index in [4.69, 9.17) is 9.26 Å². The SMILES string of the molecule is COc1ccc(-c2cc(C[C@H]3CNCC[C@H]3CC(=O)NC(C)(C)C)no2)cc1. The minimum atomic E-state index is -0.196. The third-order valence-corrected chi connectivity index (χ3v) is 5.13. The number of benzene rings is 1. The second-order valence-electron chi connectivity index (χ2n) is 8.63. The molecule has 2 heterocycles. The smallest absolute Gasteiger partial charge is 0.220 e. The number of carbonyl (C=O) groups excluding carboxylic acids is 1. The third-order valence-electron chi connectivity index (χ3n) is 5.13. The lowest BCUT2D eigenvalue weighted by molar-refractivity contribution is -0.124. The highest BCUT2D eigenvalue weighted by Gasteiger charge is 2.29. The summed E-state index contributed by atoms with van der Waals surface area (Å²) in [5.74, 6) is 2.41. The molecular weight excluding hydrogens is 354 g/mol. The summed E-state index contributed by atoms with van der Waals surface area (Å²) in [7, 11) is 1.65. The Labute approximate surface area is 167 Å². The van der Waals surface area contributed by atoms with Crippen molar-refractivity contribution in [3.05, 3.63) is 36.0 Å². The molecule has 6 nitrogen and oxygen atoms in total. The molecule has 1 fully saturated rings. The van der Waals surface area contributed by atoms with Crippen LogP contribution in [0.25, 0.3) is 11.3 Å². The van der Waals surface area contributed by atoms with Crippen molar-refractivity contribution in [2.75, 3.05) is 20.2 Å². The fourth-order valence-corrected chi connectivity index (χ4v) is 3.76. The number of nitrogens with one attached hydrogen (secondary N) is 2. The minimum Gasteiger partial charge on any atom is -0.497 e. The van der Waals surface area contributed by atoms with E-state index in [-0.39, 0.29) is 11.4 Å². The fourth-order valence-electron chi connectivity index (χ4n) is 3.76. The predicted octanol–water partition coefficient (Wildman–Crippen LogP) is 3.42. The molecule has 28 heavy (non-hydrogen) atoms. The van der Waals surface area contributed by atoms with Gasteiger partial charge in [-0.3, -0.25) is 4.79 Å². The van der Waals surface area contributed by atoms with Gasteiger partial charge in [0.15, 0.2) is 5.76 Å². The average molecular weight is 386 g/mol. The second kappa shape index (κ2) is 8.78. The van der Waals surface area contributed by atoms with Gasteiger partial charge in [0, 0.05) is 23.6 Å². The van der Waals surface area contributed by atoms with Crippen LogP contribution < -0.4 is 15.4 Å². The molecule has 3 rings (SSSR count). The second-order valence-corrected chi connectivity index (χ2v) is 8.63. The van der Waals surface area contributed by atoms with Crippen molar-refractivity contribution in [2.45, 2.75) is 45.6 Å². The van der Waals surface area contributed by atoms with Crippen molar-refractivity contribution in [3.63, 3.8) is 0 Å². The summed E-state index contributed by atoms with van der Waals surface area (Å²) in [5.41, 5.74) is 1.71. The number of carbonyl (C=O) groups is 1. The molecule has 0 spiro atoms. The zero-order chi connectivity index (χ0) is 20.1. The van der Waals surface area contributed by atoms with Crippen molar-refractivity contribution in [3.8, 4) is 17.1 Å². The largest absolute Gasteiger partial charge is 0.497 e. The van der Waals surface area contributed by atoms with E-state index in [1.54, 1.807) is 7.11 Å². The number of rotatable bonds is 6. The summed E-state index contributed by atoms with van der Waals surface area (Å²) in [5, 5.41) is 10.8. The van der Waals surface area contributed by atoms with Crippen molar-refractivity contribution >= 4 is 5.91 Å². The van der Waals surface area contributed by atoms with Gasteiger partial charge < -0.3 is 19.9 Å². The van der Waals surface area contributed by atoms with E-state index in [9.17, 15) is 4.79 Å². The topological polar surface area (TPSA) is 76.4 Å². The molecule has 0 saturated carbocycles. The van der Waals surface area contributed by atoms with Gasteiger partial charge in [-0.05, 0) is 82.8 Å². The number of piperidine rings is 1. The molecule has 152 valence electrons. The van der Waals surface area contributed by atoms with Crippen LogP contribution in [0, 0.1) is 11.8 Å². The first-order valence-corrected chi connectivity index (χ1v) is 9.96. The molecule has 2 atom stereocenters. The normalized spacial score (nSPS) is 20.0. The Morgan fingerprint density at radius 1 is 1.29 bits per heavy atom. The van der Waals surface area contributed by atoms with Gasteiger partial charge in [0.05, 0.1) is 12.8 Å². The molecule has 1 aromatic carbocycles. The quantitative estimate of drug-likeness (QED) is 0.797. The lowest BCUT2D eigenvalue weighted by Gasteiger charge is -2.32. The number of methoxy groups -OCH3 is 1. The molecule has 1 amide bonds. The van der Waals surface area contributed by atoms with Crippen molar-refractivity contribution in [2.24, 2.45) is 11.8 Å². The van der Waals surface area contributed by atoms with Crippen LogP contribution in [0.1, 0.15) is 39.3 Å². The van der Waals surface area contributed by atoms with E-state index < -0.39 is 0 Å². The van der Waals surface area contributed by atoms with Gasteiger partial charge in [0.1, 0.15) is 5.75 Å². The Hall–Kier alpha value is -2.34. The van der Waals surface area contributed by atoms with Crippen LogP contribution in [0.15, 0.2) is 34.9 Å². The first-order chi connectivity index (χ1) is 13.3. The number of nitrogens with zero attached hydrogens (tertiary/aromatic N) is 1. The Kier molecular flexibility index (Phi) is 6.39. The lowest BCUT2D eigenvalue weighted by atomic mass is 9.81. The number of aromatic nitrogens is 1. The first kappa shape index (κ1) is 20.4. The van der Waals surface area contributed by atoms with Crippen LogP contribution in [-0.4, -0.2) is 36.8 Å². The maximum absolute atomic E-state index is 12.4. The number of ether oxygens (including phenoxy) is 1. The third kappa shape index (κ3) is 5.58. The molecule has 1 aliphatic heterocycles. The number of hydrogen-bond acceptors (Lipinski definition) is 5. The molecule has 0 radical (unpaired) electrons. The van der Waals surface area contributed by atoms with Crippen molar-refractivity contribution in [1.82, 2.24) is 15.8 Å². The van der Waals surface area contributed by atoms with Gasteiger partial charge in [-0.1, -0.05) is 5.16 Å². The molecule has 2 aromatic rings. The van der Waals surface area contributed by atoms with Gasteiger partial charge in [-0.2, -0.15) is 0 Å². The molecule has 0 bridgehead atoms. The number of amides is 1. The maximum atomic E-state index is 12.4. The highest BCUT2D eigenvalue weighted by molar-refractivity contribution is 5.77. The van der Waals surface area contributed by atoms with E-state index in [1.165, 1.54) is 0 Å². The minimum absolute atomic E-state index is 0.128. The van der Waals surface area contributed by atoms with Crippen LogP contribution in [0.4, 0.5) is 0 Å². The van der Waals surface area contributed by atoms with E-state index in [2.05, 4.69) is 15.8 Å². The van der Waals surface area contributed by atoms with Crippen LogP contribution >= 0.6 is 0 Å². The molecule has 1 aromatic heterocycles. The molecular formula is C22H31N3O3. The van der Waals surface area contributed by atoms with E-state index in [0.29, 0.717) is 18.3 Å². The summed E-state index contributed by atoms with van der Waals surface area (Å²) in [4.78, 5) is 12.4. The van der Waals surface area contributed by atoms with Gasteiger partial charge in [-0.25, -0.2) is 0 Å². The zero-order valence-electron chi connectivity index (χ0n) is 17.2. The van der Waals surface area contributed by atoms with E-state index in [1.807, 2.05) is 51.1 Å². The molecule has 1 aliphatic rings. The van der Waals surface area contributed by atoms with Crippen LogP contribution in [0.3, 0.4) is 0 Å². The lowest BCUT2D eigenvalue weighted by Crippen LogP contribution is -2.44. The molecule has 1 saturated heterocycles. The molecule has 0 unspecified atom stereocenters. The Morgan fingerprint density at radius 3 is 2.71 bits per heavy atom. The molecule has 2 N–H and O–H groups in total. The van der Waals surface area contributed by atoms with Crippen LogP contribution in [-0.2, 0) is 11.2 Å². The monoisotopic (exact) mass is 385 g/mol. The predicted molar refractivity (Wildman–Crippen MR) is 109 cm³/mol. The van der Waals surface area contributed by atoms with Gasteiger partial charge in [0.25, 0.3) is 0 Å². The van der Waals surface area contributed by atoms with Crippen LogP contribution in [0.5, 0.6) is 5.75 Å². The van der Waals surface area contributed by atoms with Gasteiger partial charge in [-0.15, -0.1) is 0 Å². The first-order valence-electron chi connectivity index (χ1n) is 9.96. The van der Waals surface area contributed by atoms with E-state index in [0.717, 1.165) is 48.7 Å². The summed E-state index contributed by atoms with van der Waals surface area (Å²) >= 11 is 0. The molecule has 0 aliphatic carbocycles. The standard InChI is InChI=1S/C22H31N3O3/c1-22(2,3)24-21(26)12-16-9-10-23-14-17(16)11-18-13-20(28-25-18)15-5-7-19(27-4)8-6-15/h5-8,13,16-17,23H,9-12,14H2,1-4H3,(H,24,26)/t16-,17-/m0/s1. The highest BCUT2D eigenvalue weighted by Crippen LogP contribution is 2.28. The summed E-state index contributed by atoms with van der Waals surface area (Å²) in [6.07, 6.45) is 2.37. The maximum Gasteiger partial charge on any atom is 0.220 e. The summed E-state index contributed by atoms with van der Waals surface area (Å²) in [6, 6.07) is 9.75.